The van der Waals surface area contributed by atoms with Crippen LogP contribution >= 0.6 is 38.6 Å². The van der Waals surface area contributed by atoms with E-state index >= 15 is 0 Å². The van der Waals surface area contributed by atoms with Crippen LogP contribution in [0.2, 0.25) is 0 Å². The molecule has 0 aromatic carbocycles. The number of amides is 1. The van der Waals surface area contributed by atoms with E-state index in [1.165, 1.54) is 11.3 Å². The van der Waals surface area contributed by atoms with E-state index in [0.717, 1.165) is 15.1 Å². The number of thiophene rings is 2. The number of aryl methyl sites for hydroxylation is 1. The van der Waals surface area contributed by atoms with Crippen LogP contribution in [0.3, 0.4) is 0 Å². The second-order valence-corrected chi connectivity index (χ2v) is 7.00. The molecule has 0 atom stereocenters. The Morgan fingerprint density at radius 1 is 1.33 bits per heavy atom. The largest absolute Gasteiger partial charge is 0.477 e. The van der Waals surface area contributed by atoms with Gasteiger partial charge in [0.1, 0.15) is 4.88 Å². The van der Waals surface area contributed by atoms with Crippen LogP contribution in [0.5, 0.6) is 0 Å². The van der Waals surface area contributed by atoms with Gasteiger partial charge < -0.3 is 10.4 Å². The van der Waals surface area contributed by atoms with E-state index in [-0.39, 0.29) is 10.8 Å². The first kappa shape index (κ1) is 13.3. The summed E-state index contributed by atoms with van der Waals surface area (Å²) in [6.07, 6.45) is 0. The fourth-order valence-corrected chi connectivity index (χ4v) is 3.55. The maximum absolute atomic E-state index is 11.9. The molecule has 0 aliphatic heterocycles. The molecule has 4 nitrogen and oxygen atoms in total. The zero-order valence-corrected chi connectivity index (χ0v) is 12.4. The van der Waals surface area contributed by atoms with Crippen LogP contribution in [0.25, 0.3) is 0 Å². The molecule has 0 saturated heterocycles. The fraction of sp³-hybridized carbons (Fsp3) is 0.0909. The predicted octanol–water partition coefficient (Wildman–Crippen LogP) is 3.83. The molecular formula is C11H8BrNO3S2. The number of carbonyl (C=O) groups excluding carboxylic acids is 1. The van der Waals surface area contributed by atoms with E-state index < -0.39 is 5.97 Å². The summed E-state index contributed by atoms with van der Waals surface area (Å²) in [6.45, 7) is 1.71. The molecule has 2 rings (SSSR count). The van der Waals surface area contributed by atoms with Crippen LogP contribution in [0.1, 0.15) is 24.9 Å². The molecule has 0 fully saturated rings. The van der Waals surface area contributed by atoms with E-state index in [2.05, 4.69) is 21.2 Å². The van der Waals surface area contributed by atoms with Crippen molar-refractivity contribution in [3.63, 3.8) is 0 Å². The fourth-order valence-electron chi connectivity index (χ4n) is 1.37. The summed E-state index contributed by atoms with van der Waals surface area (Å²) < 4.78 is 0.876. The number of hydrogen-bond acceptors (Lipinski definition) is 4. The minimum atomic E-state index is -0.975. The number of carboxylic acid groups (broad SMARTS) is 1. The molecule has 0 saturated carbocycles. The summed E-state index contributed by atoms with van der Waals surface area (Å²) in [5, 5.41) is 12.2. The minimum Gasteiger partial charge on any atom is -0.477 e. The normalized spacial score (nSPS) is 10.3. The number of aromatic carboxylic acids is 1. The Morgan fingerprint density at radius 3 is 2.56 bits per heavy atom. The lowest BCUT2D eigenvalue weighted by atomic mass is 10.3. The predicted molar refractivity (Wildman–Crippen MR) is 76.0 cm³/mol. The molecule has 7 heteroatoms. The molecular weight excluding hydrogens is 338 g/mol. The van der Waals surface area contributed by atoms with Crippen molar-refractivity contribution in [1.82, 2.24) is 0 Å². The van der Waals surface area contributed by atoms with Gasteiger partial charge in [-0.15, -0.1) is 22.7 Å². The van der Waals surface area contributed by atoms with Gasteiger partial charge in [0.2, 0.25) is 0 Å². The van der Waals surface area contributed by atoms with E-state index in [9.17, 15) is 9.59 Å². The Hall–Kier alpha value is -1.18. The molecule has 2 aromatic rings. The number of rotatable bonds is 3. The molecule has 2 aromatic heterocycles. The van der Waals surface area contributed by atoms with E-state index in [1.807, 2.05) is 0 Å². The van der Waals surface area contributed by atoms with Gasteiger partial charge in [0, 0.05) is 0 Å². The van der Waals surface area contributed by atoms with Crippen molar-refractivity contribution >= 4 is 55.5 Å². The summed E-state index contributed by atoms with van der Waals surface area (Å²) >= 11 is 5.67. The lowest BCUT2D eigenvalue weighted by Crippen LogP contribution is -2.08. The summed E-state index contributed by atoms with van der Waals surface area (Å²) in [4.78, 5) is 23.6. The molecule has 94 valence electrons. The van der Waals surface area contributed by atoms with Crippen molar-refractivity contribution in [3.8, 4) is 0 Å². The lowest BCUT2D eigenvalue weighted by Gasteiger charge is -1.98. The SMILES string of the molecule is Cc1cc(NC(=O)c2ccc(Br)s2)sc1C(=O)O. The van der Waals surface area contributed by atoms with Crippen LogP contribution in [-0.2, 0) is 0 Å². The van der Waals surface area contributed by atoms with Gasteiger partial charge >= 0.3 is 5.97 Å². The maximum atomic E-state index is 11.9. The number of nitrogens with one attached hydrogen (secondary N) is 1. The van der Waals surface area contributed by atoms with Crippen molar-refractivity contribution < 1.29 is 14.7 Å². The highest BCUT2D eigenvalue weighted by Crippen LogP contribution is 2.28. The topological polar surface area (TPSA) is 66.4 Å². The van der Waals surface area contributed by atoms with Gasteiger partial charge in [0.15, 0.2) is 0 Å². The van der Waals surface area contributed by atoms with Crippen molar-refractivity contribution in [2.24, 2.45) is 0 Å². The van der Waals surface area contributed by atoms with Gasteiger partial charge in [-0.05, 0) is 46.6 Å². The Bertz CT molecular complexity index is 618. The highest BCUT2D eigenvalue weighted by molar-refractivity contribution is 9.11. The lowest BCUT2D eigenvalue weighted by molar-refractivity contribution is 0.0701. The monoisotopic (exact) mass is 345 g/mol. The van der Waals surface area contributed by atoms with Crippen LogP contribution < -0.4 is 5.32 Å². The molecule has 0 aliphatic rings. The summed E-state index contributed by atoms with van der Waals surface area (Å²) in [5.74, 6) is -1.21. The first-order valence-corrected chi connectivity index (χ1v) is 7.30. The van der Waals surface area contributed by atoms with Gasteiger partial charge in [-0.3, -0.25) is 4.79 Å². The molecule has 18 heavy (non-hydrogen) atoms. The van der Waals surface area contributed by atoms with Crippen LogP contribution in [-0.4, -0.2) is 17.0 Å². The number of hydrogen-bond donors (Lipinski definition) is 2. The first-order valence-electron chi connectivity index (χ1n) is 4.88. The van der Waals surface area contributed by atoms with E-state index in [1.54, 1.807) is 25.1 Å². The summed E-state index contributed by atoms with van der Waals surface area (Å²) in [6, 6.07) is 5.17. The second kappa shape index (κ2) is 5.21. The first-order chi connectivity index (χ1) is 8.47. The van der Waals surface area contributed by atoms with Crippen molar-refractivity contribution in [1.29, 1.82) is 0 Å². The van der Waals surface area contributed by atoms with Crippen molar-refractivity contribution in [3.05, 3.63) is 37.3 Å². The Balaban J connectivity index is 2.17. The molecule has 0 spiro atoms. The third-order valence-electron chi connectivity index (χ3n) is 2.15. The Kier molecular flexibility index (Phi) is 3.84. The van der Waals surface area contributed by atoms with Crippen LogP contribution in [0.4, 0.5) is 5.00 Å². The molecule has 2 heterocycles. The highest BCUT2D eigenvalue weighted by Gasteiger charge is 2.15. The average molecular weight is 346 g/mol. The number of halogens is 1. The van der Waals surface area contributed by atoms with Crippen molar-refractivity contribution in [2.45, 2.75) is 6.92 Å². The molecule has 0 unspecified atom stereocenters. The molecule has 0 radical (unpaired) electrons. The Labute approximate surface area is 119 Å². The van der Waals surface area contributed by atoms with Gasteiger partial charge in [0.25, 0.3) is 5.91 Å². The maximum Gasteiger partial charge on any atom is 0.346 e. The van der Waals surface area contributed by atoms with Gasteiger partial charge in [-0.25, -0.2) is 4.79 Å². The van der Waals surface area contributed by atoms with E-state index in [0.29, 0.717) is 15.4 Å². The minimum absolute atomic E-state index is 0.233. The standard InChI is InChI=1S/C11H8BrNO3S2/c1-5-4-8(18-9(5)11(15)16)13-10(14)6-2-3-7(12)17-6/h2-4H,1H3,(H,13,14)(H,15,16). The van der Waals surface area contributed by atoms with Crippen molar-refractivity contribution in [2.75, 3.05) is 5.32 Å². The van der Waals surface area contributed by atoms with Gasteiger partial charge in [-0.1, -0.05) is 0 Å². The van der Waals surface area contributed by atoms with Crippen LogP contribution in [0.15, 0.2) is 22.0 Å². The highest BCUT2D eigenvalue weighted by atomic mass is 79.9. The molecule has 1 amide bonds. The molecule has 0 bridgehead atoms. The third-order valence-corrected chi connectivity index (χ3v) is 4.91. The number of anilines is 1. The average Bonchev–Trinajstić information content (AvgIpc) is 2.85. The van der Waals surface area contributed by atoms with Crippen LogP contribution in [0, 0.1) is 6.92 Å². The second-order valence-electron chi connectivity index (χ2n) is 3.49. The smallest absolute Gasteiger partial charge is 0.346 e. The zero-order valence-electron chi connectivity index (χ0n) is 9.19. The zero-order chi connectivity index (χ0) is 13.3. The van der Waals surface area contributed by atoms with Gasteiger partial charge in [0.05, 0.1) is 13.7 Å². The third kappa shape index (κ3) is 2.80. The molecule has 2 N–H and O–H groups in total. The summed E-state index contributed by atoms with van der Waals surface area (Å²) in [5.41, 5.74) is 0.648. The number of carboxylic acids is 1. The number of carbonyl (C=O) groups is 2. The molecule has 0 aliphatic carbocycles. The Morgan fingerprint density at radius 2 is 2.06 bits per heavy atom. The quantitative estimate of drug-likeness (QED) is 0.888. The van der Waals surface area contributed by atoms with E-state index in [4.69, 9.17) is 5.11 Å². The summed E-state index contributed by atoms with van der Waals surface area (Å²) in [7, 11) is 0. The van der Waals surface area contributed by atoms with Gasteiger partial charge in [-0.2, -0.15) is 0 Å².